The molecule has 0 unspecified atom stereocenters. The third-order valence-corrected chi connectivity index (χ3v) is 6.65. The predicted molar refractivity (Wildman–Crippen MR) is 128 cm³/mol. The van der Waals surface area contributed by atoms with E-state index >= 15 is 0 Å². The highest BCUT2D eigenvalue weighted by molar-refractivity contribution is 5.92. The largest absolute Gasteiger partial charge is 0.507 e. The number of para-hydroxylation sites is 1. The molecule has 2 N–H and O–H groups in total. The van der Waals surface area contributed by atoms with Crippen molar-refractivity contribution in [1.82, 2.24) is 15.3 Å². The highest BCUT2D eigenvalue weighted by Gasteiger charge is 2.28. The second-order valence-corrected chi connectivity index (χ2v) is 9.17. The van der Waals surface area contributed by atoms with Crippen molar-refractivity contribution in [3.63, 3.8) is 0 Å². The van der Waals surface area contributed by atoms with Crippen LogP contribution in [0, 0.1) is 12.8 Å². The van der Waals surface area contributed by atoms with Gasteiger partial charge in [0.1, 0.15) is 11.6 Å². The van der Waals surface area contributed by atoms with E-state index in [0.29, 0.717) is 30.3 Å². The van der Waals surface area contributed by atoms with Crippen molar-refractivity contribution in [3.05, 3.63) is 48.0 Å². The van der Waals surface area contributed by atoms with Crippen LogP contribution in [0.3, 0.4) is 0 Å². The number of carbonyl (C=O) groups is 1. The van der Waals surface area contributed by atoms with E-state index in [1.165, 1.54) is 0 Å². The Morgan fingerprint density at radius 2 is 1.97 bits per heavy atom. The van der Waals surface area contributed by atoms with Crippen molar-refractivity contribution in [1.29, 1.82) is 0 Å². The minimum Gasteiger partial charge on any atom is -0.507 e. The molecule has 2 saturated heterocycles. The average molecular weight is 447 g/mol. The second kappa shape index (κ2) is 9.35. The lowest BCUT2D eigenvalue weighted by Gasteiger charge is -2.23. The molecule has 2 aliphatic heterocycles. The van der Waals surface area contributed by atoms with Crippen LogP contribution >= 0.6 is 0 Å². The Morgan fingerprint density at radius 1 is 1.15 bits per heavy atom. The van der Waals surface area contributed by atoms with Gasteiger partial charge in [0.25, 0.3) is 0 Å². The molecule has 2 aromatic carbocycles. The number of carbonyl (C=O) groups excluding carboxylic acids is 1. The average Bonchev–Trinajstić information content (AvgIpc) is 3.27. The van der Waals surface area contributed by atoms with Crippen molar-refractivity contribution in [2.45, 2.75) is 38.6 Å². The van der Waals surface area contributed by atoms with E-state index < -0.39 is 0 Å². The van der Waals surface area contributed by atoms with Crippen molar-refractivity contribution < 1.29 is 14.6 Å². The molecule has 1 atom stereocenters. The van der Waals surface area contributed by atoms with Gasteiger partial charge in [-0.2, -0.15) is 0 Å². The Hall–Kier alpha value is -3.19. The van der Waals surface area contributed by atoms with Gasteiger partial charge in [0.05, 0.1) is 11.1 Å². The zero-order chi connectivity index (χ0) is 22.8. The number of nitrogens with one attached hydrogen (secondary N) is 1. The van der Waals surface area contributed by atoms with E-state index in [1.54, 1.807) is 12.1 Å². The second-order valence-electron chi connectivity index (χ2n) is 9.17. The molecule has 1 amide bonds. The topological polar surface area (TPSA) is 87.6 Å². The van der Waals surface area contributed by atoms with Crippen LogP contribution in [0.15, 0.2) is 42.5 Å². The Kier molecular flexibility index (Phi) is 6.13. The van der Waals surface area contributed by atoms with Crippen molar-refractivity contribution in [3.8, 4) is 17.1 Å². The molecule has 3 aromatic rings. The van der Waals surface area contributed by atoms with Gasteiger partial charge in [0.2, 0.25) is 5.91 Å². The summed E-state index contributed by atoms with van der Waals surface area (Å²) in [6.45, 7) is 5.08. The van der Waals surface area contributed by atoms with Gasteiger partial charge in [-0.1, -0.05) is 18.2 Å². The fourth-order valence-corrected chi connectivity index (χ4v) is 4.82. The summed E-state index contributed by atoms with van der Waals surface area (Å²) in [6, 6.07) is 13.4. The lowest BCUT2D eigenvalue weighted by Crippen LogP contribution is -2.38. The van der Waals surface area contributed by atoms with E-state index in [2.05, 4.69) is 22.3 Å². The van der Waals surface area contributed by atoms with Gasteiger partial charge in [-0.3, -0.25) is 4.79 Å². The minimum absolute atomic E-state index is 0.0985. The Morgan fingerprint density at radius 3 is 2.79 bits per heavy atom. The van der Waals surface area contributed by atoms with Crippen LogP contribution in [0.4, 0.5) is 5.82 Å². The molecule has 5 rings (SSSR count). The number of rotatable bonds is 5. The summed E-state index contributed by atoms with van der Waals surface area (Å²) in [4.78, 5) is 24.5. The molecule has 2 aliphatic rings. The molecule has 3 heterocycles. The first-order chi connectivity index (χ1) is 16.1. The lowest BCUT2D eigenvalue weighted by atomic mass is 9.96. The Bertz CT molecular complexity index is 1160. The zero-order valence-corrected chi connectivity index (χ0v) is 19.0. The van der Waals surface area contributed by atoms with Crippen LogP contribution in [0.1, 0.15) is 31.2 Å². The summed E-state index contributed by atoms with van der Waals surface area (Å²) in [5, 5.41) is 14.6. The van der Waals surface area contributed by atoms with Gasteiger partial charge in [0, 0.05) is 44.2 Å². The van der Waals surface area contributed by atoms with Gasteiger partial charge < -0.3 is 20.1 Å². The van der Waals surface area contributed by atoms with E-state index in [-0.39, 0.29) is 17.7 Å². The van der Waals surface area contributed by atoms with Crippen LogP contribution in [0.5, 0.6) is 5.75 Å². The number of anilines is 1. The summed E-state index contributed by atoms with van der Waals surface area (Å²) in [5.74, 6) is 2.07. The third kappa shape index (κ3) is 4.78. The monoisotopic (exact) mass is 446 g/mol. The predicted octanol–water partition coefficient (Wildman–Crippen LogP) is 3.82. The van der Waals surface area contributed by atoms with Crippen molar-refractivity contribution >= 4 is 22.6 Å². The van der Waals surface area contributed by atoms with E-state index in [9.17, 15) is 9.90 Å². The van der Waals surface area contributed by atoms with Crippen LogP contribution in [-0.2, 0) is 9.53 Å². The fourth-order valence-electron chi connectivity index (χ4n) is 4.82. The molecule has 0 bridgehead atoms. The number of phenolic OH excluding ortho intramolecular Hbond substituents is 1. The van der Waals surface area contributed by atoms with E-state index in [4.69, 9.17) is 14.7 Å². The number of ether oxygens (including phenoxy) is 1. The first-order valence-electron chi connectivity index (χ1n) is 11.8. The number of aryl methyl sites for hydroxylation is 1. The smallest absolute Gasteiger partial charge is 0.220 e. The molecule has 2 fully saturated rings. The van der Waals surface area contributed by atoms with E-state index in [1.807, 2.05) is 25.1 Å². The quantitative estimate of drug-likeness (QED) is 0.620. The number of hydrogen-bond donors (Lipinski definition) is 2. The molecule has 172 valence electrons. The number of amides is 1. The highest BCUT2D eigenvalue weighted by Crippen LogP contribution is 2.33. The van der Waals surface area contributed by atoms with Gasteiger partial charge >= 0.3 is 0 Å². The number of benzene rings is 2. The minimum atomic E-state index is 0.0985. The van der Waals surface area contributed by atoms with Gasteiger partial charge in [0.15, 0.2) is 5.82 Å². The molecule has 0 spiro atoms. The van der Waals surface area contributed by atoms with Crippen LogP contribution in [0.25, 0.3) is 22.3 Å². The maximum absolute atomic E-state index is 12.6. The highest BCUT2D eigenvalue weighted by atomic mass is 16.5. The Labute approximate surface area is 193 Å². The standard InChI is InChI=1S/C26H30N4O3/c1-17-6-7-20-22(14-17)28-25(21-4-2-3-5-23(21)31)29-26(20)30-11-8-19(16-30)27-24(32)15-18-9-12-33-13-10-18/h2-7,14,18-19,31H,8-13,15-16H2,1H3,(H,27,32)/t19-/m1/s1. The third-order valence-electron chi connectivity index (χ3n) is 6.65. The zero-order valence-electron chi connectivity index (χ0n) is 19.0. The van der Waals surface area contributed by atoms with Crippen LogP contribution in [0.2, 0.25) is 0 Å². The SMILES string of the molecule is Cc1ccc2c(N3CC[C@@H](NC(=O)CC4CCOCC4)C3)nc(-c3ccccc3O)nc2c1. The number of nitrogens with zero attached hydrogens (tertiary/aromatic N) is 3. The molecule has 0 aliphatic carbocycles. The lowest BCUT2D eigenvalue weighted by molar-refractivity contribution is -0.123. The normalized spacial score (nSPS) is 19.2. The fraction of sp³-hybridized carbons (Fsp3) is 0.423. The van der Waals surface area contributed by atoms with E-state index in [0.717, 1.165) is 61.3 Å². The first kappa shape index (κ1) is 21.6. The molecule has 7 nitrogen and oxygen atoms in total. The summed E-state index contributed by atoms with van der Waals surface area (Å²) in [7, 11) is 0. The van der Waals surface area contributed by atoms with Gasteiger partial charge in [-0.25, -0.2) is 9.97 Å². The van der Waals surface area contributed by atoms with Crippen LogP contribution < -0.4 is 10.2 Å². The van der Waals surface area contributed by atoms with Gasteiger partial charge in [-0.15, -0.1) is 0 Å². The number of aromatic nitrogens is 2. The van der Waals surface area contributed by atoms with Crippen molar-refractivity contribution in [2.75, 3.05) is 31.2 Å². The number of aromatic hydroxyl groups is 1. The van der Waals surface area contributed by atoms with Crippen LogP contribution in [-0.4, -0.2) is 53.3 Å². The molecule has 1 aromatic heterocycles. The molecular formula is C26H30N4O3. The maximum atomic E-state index is 12.6. The number of hydrogen-bond acceptors (Lipinski definition) is 6. The summed E-state index contributed by atoms with van der Waals surface area (Å²) in [5.41, 5.74) is 2.59. The summed E-state index contributed by atoms with van der Waals surface area (Å²) < 4.78 is 5.40. The summed E-state index contributed by atoms with van der Waals surface area (Å²) >= 11 is 0. The molecular weight excluding hydrogens is 416 g/mol. The number of fused-ring (bicyclic) bond motifs is 1. The maximum Gasteiger partial charge on any atom is 0.220 e. The summed E-state index contributed by atoms with van der Waals surface area (Å²) in [6.07, 6.45) is 3.38. The molecule has 0 radical (unpaired) electrons. The number of phenols is 1. The molecule has 7 heteroatoms. The Balaban J connectivity index is 1.38. The molecule has 0 saturated carbocycles. The molecule has 33 heavy (non-hydrogen) atoms. The van der Waals surface area contributed by atoms with Crippen molar-refractivity contribution in [2.24, 2.45) is 5.92 Å². The van der Waals surface area contributed by atoms with Gasteiger partial charge in [-0.05, 0) is 61.9 Å². The first-order valence-corrected chi connectivity index (χ1v) is 11.8.